The van der Waals surface area contributed by atoms with Crippen LogP contribution in [-0.4, -0.2) is 34.4 Å². The number of methoxy groups -OCH3 is 1. The van der Waals surface area contributed by atoms with E-state index in [9.17, 15) is 18.0 Å². The Morgan fingerprint density at radius 1 is 1.18 bits per heavy atom. The molecule has 0 bridgehead atoms. The third-order valence-electron chi connectivity index (χ3n) is 4.44. The van der Waals surface area contributed by atoms with Crippen LogP contribution in [0.5, 0.6) is 0 Å². The highest BCUT2D eigenvalue weighted by Gasteiger charge is 2.31. The zero-order chi connectivity index (χ0) is 20.3. The van der Waals surface area contributed by atoms with Crippen molar-refractivity contribution in [1.82, 2.24) is 14.7 Å². The number of nitrogens with zero attached hydrogens (tertiary/aromatic N) is 3. The molecule has 0 atom stereocenters. The molecule has 0 aliphatic carbocycles. The SMILES string of the molecule is COCc1cc2n(n1)CCCN(C(=O)OCc1cc(C)cc(C(F)(F)F)c1)C2. The van der Waals surface area contributed by atoms with Gasteiger partial charge in [0.15, 0.2) is 0 Å². The highest BCUT2D eigenvalue weighted by molar-refractivity contribution is 5.67. The van der Waals surface area contributed by atoms with E-state index in [1.165, 1.54) is 4.90 Å². The second-order valence-corrected chi connectivity index (χ2v) is 6.82. The number of benzene rings is 1. The van der Waals surface area contributed by atoms with Crippen molar-refractivity contribution in [3.05, 3.63) is 52.3 Å². The molecule has 1 aromatic heterocycles. The fraction of sp³-hybridized carbons (Fsp3) is 0.474. The van der Waals surface area contributed by atoms with Gasteiger partial charge in [-0.15, -0.1) is 0 Å². The lowest BCUT2D eigenvalue weighted by Crippen LogP contribution is -2.31. The predicted molar refractivity (Wildman–Crippen MR) is 94.3 cm³/mol. The number of carbonyl (C=O) groups is 1. The van der Waals surface area contributed by atoms with Crippen molar-refractivity contribution in [1.29, 1.82) is 0 Å². The monoisotopic (exact) mass is 397 g/mol. The number of fused-ring (bicyclic) bond motifs is 1. The molecule has 9 heteroatoms. The summed E-state index contributed by atoms with van der Waals surface area (Å²) in [7, 11) is 1.59. The van der Waals surface area contributed by atoms with Gasteiger partial charge in [-0.25, -0.2) is 4.79 Å². The number of carbonyl (C=O) groups excluding carboxylic acids is 1. The Labute approximate surface area is 160 Å². The van der Waals surface area contributed by atoms with E-state index in [1.807, 2.05) is 10.7 Å². The summed E-state index contributed by atoms with van der Waals surface area (Å²) in [5, 5.41) is 4.44. The fourth-order valence-corrected chi connectivity index (χ4v) is 3.24. The quantitative estimate of drug-likeness (QED) is 0.785. The number of aromatic nitrogens is 2. The van der Waals surface area contributed by atoms with Gasteiger partial charge in [0.05, 0.1) is 30.1 Å². The molecule has 0 radical (unpaired) electrons. The van der Waals surface area contributed by atoms with Crippen molar-refractivity contribution in [2.45, 2.75) is 45.8 Å². The third kappa shape index (κ3) is 4.83. The smallest absolute Gasteiger partial charge is 0.416 e. The zero-order valence-corrected chi connectivity index (χ0v) is 15.8. The number of aryl methyl sites for hydroxylation is 2. The van der Waals surface area contributed by atoms with Crippen LogP contribution in [0.25, 0.3) is 0 Å². The molecule has 0 saturated carbocycles. The van der Waals surface area contributed by atoms with Crippen molar-refractivity contribution < 1.29 is 27.4 Å². The van der Waals surface area contributed by atoms with E-state index >= 15 is 0 Å². The van der Waals surface area contributed by atoms with E-state index in [0.29, 0.717) is 43.8 Å². The Bertz CT molecular complexity index is 849. The van der Waals surface area contributed by atoms with Gasteiger partial charge in [-0.3, -0.25) is 4.68 Å². The van der Waals surface area contributed by atoms with Gasteiger partial charge >= 0.3 is 12.3 Å². The van der Waals surface area contributed by atoms with Crippen molar-refractivity contribution in [2.75, 3.05) is 13.7 Å². The van der Waals surface area contributed by atoms with E-state index in [0.717, 1.165) is 23.5 Å². The molecule has 1 aliphatic heterocycles. The number of halogens is 3. The van der Waals surface area contributed by atoms with Crippen LogP contribution >= 0.6 is 0 Å². The van der Waals surface area contributed by atoms with Crippen molar-refractivity contribution in [3.63, 3.8) is 0 Å². The van der Waals surface area contributed by atoms with Gasteiger partial charge in [-0.1, -0.05) is 11.6 Å². The molecule has 0 saturated heterocycles. The van der Waals surface area contributed by atoms with Crippen LogP contribution in [0.1, 0.15) is 34.5 Å². The van der Waals surface area contributed by atoms with Gasteiger partial charge < -0.3 is 14.4 Å². The largest absolute Gasteiger partial charge is 0.445 e. The maximum absolute atomic E-state index is 12.9. The van der Waals surface area contributed by atoms with Crippen molar-refractivity contribution >= 4 is 6.09 Å². The lowest BCUT2D eigenvalue weighted by Gasteiger charge is -2.20. The first-order valence-corrected chi connectivity index (χ1v) is 8.90. The van der Waals surface area contributed by atoms with E-state index in [2.05, 4.69) is 5.10 Å². The fourth-order valence-electron chi connectivity index (χ4n) is 3.24. The zero-order valence-electron chi connectivity index (χ0n) is 15.8. The minimum Gasteiger partial charge on any atom is -0.445 e. The average Bonchev–Trinajstić information content (AvgIpc) is 2.88. The highest BCUT2D eigenvalue weighted by atomic mass is 19.4. The molecule has 152 valence electrons. The lowest BCUT2D eigenvalue weighted by molar-refractivity contribution is -0.137. The van der Waals surface area contributed by atoms with Gasteiger partial charge in [0.25, 0.3) is 0 Å². The summed E-state index contributed by atoms with van der Waals surface area (Å²) in [5.74, 6) is 0. The van der Waals surface area contributed by atoms with E-state index in [4.69, 9.17) is 9.47 Å². The Kier molecular flexibility index (Phi) is 5.93. The molecule has 1 aliphatic rings. The third-order valence-corrected chi connectivity index (χ3v) is 4.44. The van der Waals surface area contributed by atoms with Crippen LogP contribution in [-0.2, 0) is 42.0 Å². The predicted octanol–water partition coefficient (Wildman–Crippen LogP) is 3.90. The van der Waals surface area contributed by atoms with Crippen LogP contribution in [0.4, 0.5) is 18.0 Å². The van der Waals surface area contributed by atoms with Crippen LogP contribution in [0, 0.1) is 6.92 Å². The van der Waals surface area contributed by atoms with E-state index in [-0.39, 0.29) is 6.61 Å². The summed E-state index contributed by atoms with van der Waals surface area (Å²) in [6.07, 6.45) is -4.29. The molecular weight excluding hydrogens is 375 g/mol. The first-order chi connectivity index (χ1) is 13.3. The van der Waals surface area contributed by atoms with Gasteiger partial charge in [-0.05, 0) is 37.1 Å². The maximum atomic E-state index is 12.9. The standard InChI is InChI=1S/C19H22F3N3O3/c1-13-6-14(8-15(7-13)19(20,21)22)11-28-18(26)24-4-3-5-25-17(10-24)9-16(23-25)12-27-2/h6-9H,3-5,10-12H2,1-2H3. The molecule has 2 heterocycles. The Balaban J connectivity index is 1.65. The topological polar surface area (TPSA) is 56.6 Å². The summed E-state index contributed by atoms with van der Waals surface area (Å²) in [5.41, 5.74) is 1.68. The summed E-state index contributed by atoms with van der Waals surface area (Å²) in [6.45, 7) is 3.25. The Hall–Kier alpha value is -2.55. The number of hydrogen-bond acceptors (Lipinski definition) is 4. The van der Waals surface area contributed by atoms with Gasteiger partial charge in [0.1, 0.15) is 6.61 Å². The summed E-state index contributed by atoms with van der Waals surface area (Å²) in [4.78, 5) is 14.0. The Morgan fingerprint density at radius 3 is 2.68 bits per heavy atom. The molecule has 3 rings (SSSR count). The molecule has 28 heavy (non-hydrogen) atoms. The minimum absolute atomic E-state index is 0.214. The second kappa shape index (κ2) is 8.22. The molecule has 0 fully saturated rings. The van der Waals surface area contributed by atoms with E-state index < -0.39 is 17.8 Å². The second-order valence-electron chi connectivity index (χ2n) is 6.82. The summed E-state index contributed by atoms with van der Waals surface area (Å²) in [6, 6.07) is 5.54. The minimum atomic E-state index is -4.44. The molecule has 1 amide bonds. The molecule has 1 aromatic carbocycles. The molecule has 0 N–H and O–H groups in total. The molecule has 2 aromatic rings. The highest BCUT2D eigenvalue weighted by Crippen LogP contribution is 2.30. The first kappa shape index (κ1) is 20.2. The summed E-state index contributed by atoms with van der Waals surface area (Å²) >= 11 is 0. The number of ether oxygens (including phenoxy) is 2. The lowest BCUT2D eigenvalue weighted by atomic mass is 10.1. The molecule has 6 nitrogen and oxygen atoms in total. The molecular formula is C19H22F3N3O3. The summed E-state index contributed by atoms with van der Waals surface area (Å²) < 4.78 is 51.0. The molecule has 0 unspecified atom stereocenters. The van der Waals surface area contributed by atoms with E-state index in [1.54, 1.807) is 20.1 Å². The van der Waals surface area contributed by atoms with Crippen LogP contribution in [0.3, 0.4) is 0 Å². The average molecular weight is 397 g/mol. The maximum Gasteiger partial charge on any atom is 0.416 e. The first-order valence-electron chi connectivity index (χ1n) is 8.90. The van der Waals surface area contributed by atoms with Crippen LogP contribution in [0.15, 0.2) is 24.3 Å². The number of alkyl halides is 3. The Morgan fingerprint density at radius 2 is 1.96 bits per heavy atom. The van der Waals surface area contributed by atoms with Gasteiger partial charge in [0, 0.05) is 20.2 Å². The normalized spacial score (nSPS) is 14.5. The van der Waals surface area contributed by atoms with Crippen molar-refractivity contribution in [2.24, 2.45) is 0 Å². The molecule has 0 spiro atoms. The number of hydrogen-bond donors (Lipinski definition) is 0. The van der Waals surface area contributed by atoms with Crippen molar-refractivity contribution in [3.8, 4) is 0 Å². The number of rotatable bonds is 4. The van der Waals surface area contributed by atoms with Gasteiger partial charge in [0.2, 0.25) is 0 Å². The number of amides is 1. The van der Waals surface area contributed by atoms with Crippen LogP contribution in [0.2, 0.25) is 0 Å². The van der Waals surface area contributed by atoms with Crippen LogP contribution < -0.4 is 0 Å². The van der Waals surface area contributed by atoms with Gasteiger partial charge in [-0.2, -0.15) is 18.3 Å².